The molecule has 1 aromatic carbocycles. The van der Waals surface area contributed by atoms with E-state index in [0.717, 1.165) is 12.8 Å². The second-order valence-electron chi connectivity index (χ2n) is 4.94. The van der Waals surface area contributed by atoms with Gasteiger partial charge in [0.25, 0.3) is 0 Å². The normalized spacial score (nSPS) is 22.7. The van der Waals surface area contributed by atoms with Crippen molar-refractivity contribution < 1.29 is 20.1 Å². The number of benzene rings is 1. The largest absolute Gasteiger partial charge is 0.508 e. The first kappa shape index (κ1) is 11.1. The summed E-state index contributed by atoms with van der Waals surface area (Å²) in [6, 6.07) is 2.75. The molecule has 4 nitrogen and oxygen atoms in total. The molecule has 0 heterocycles. The number of aromatic hydroxyl groups is 2. The number of fused-ring (bicyclic) bond motifs is 2. The standard InChI is InChI=1S/C14H14O4/c15-9-4-5-11(17)13-8(9)6-7-2-1-3-10(16)12(7)14(13)18/h4-5,7,15,17-18H,1-3,6H2. The number of aliphatic hydroxyl groups is 1. The molecule has 1 atom stereocenters. The zero-order chi connectivity index (χ0) is 12.9. The number of Topliss-reactive ketones (excluding diaryl/α,β-unsaturated/α-hetero) is 1. The van der Waals surface area contributed by atoms with Crippen molar-refractivity contribution in [1.29, 1.82) is 0 Å². The molecule has 2 aliphatic carbocycles. The summed E-state index contributed by atoms with van der Waals surface area (Å²) in [6.07, 6.45) is 2.60. The van der Waals surface area contributed by atoms with Crippen LogP contribution in [-0.2, 0) is 11.2 Å². The molecule has 94 valence electrons. The summed E-state index contributed by atoms with van der Waals surface area (Å²) < 4.78 is 0. The fourth-order valence-corrected chi connectivity index (χ4v) is 3.02. The number of phenolic OH excluding ortho intramolecular Hbond substituents is 2. The number of carbonyl (C=O) groups is 1. The van der Waals surface area contributed by atoms with Gasteiger partial charge in [-0.05, 0) is 37.3 Å². The zero-order valence-electron chi connectivity index (χ0n) is 9.81. The summed E-state index contributed by atoms with van der Waals surface area (Å²) in [7, 11) is 0. The Morgan fingerprint density at radius 3 is 2.61 bits per heavy atom. The van der Waals surface area contributed by atoms with Gasteiger partial charge in [0.1, 0.15) is 17.3 Å². The van der Waals surface area contributed by atoms with Crippen LogP contribution in [-0.4, -0.2) is 21.1 Å². The fourth-order valence-electron chi connectivity index (χ4n) is 3.02. The van der Waals surface area contributed by atoms with E-state index in [1.807, 2.05) is 0 Å². The number of ketones is 1. The van der Waals surface area contributed by atoms with Gasteiger partial charge < -0.3 is 15.3 Å². The van der Waals surface area contributed by atoms with Crippen molar-refractivity contribution in [2.45, 2.75) is 25.7 Å². The number of phenols is 2. The smallest absolute Gasteiger partial charge is 0.162 e. The highest BCUT2D eigenvalue weighted by Crippen LogP contribution is 2.45. The third kappa shape index (κ3) is 1.41. The Balaban J connectivity index is 2.26. The van der Waals surface area contributed by atoms with Gasteiger partial charge in [-0.25, -0.2) is 0 Å². The Bertz CT molecular complexity index is 571. The maximum Gasteiger partial charge on any atom is 0.162 e. The van der Waals surface area contributed by atoms with Gasteiger partial charge >= 0.3 is 0 Å². The summed E-state index contributed by atoms with van der Waals surface area (Å²) in [4.78, 5) is 11.9. The van der Waals surface area contributed by atoms with E-state index in [0.29, 0.717) is 24.0 Å². The van der Waals surface area contributed by atoms with E-state index < -0.39 is 0 Å². The van der Waals surface area contributed by atoms with Gasteiger partial charge in [-0.1, -0.05) is 0 Å². The number of allylic oxidation sites excluding steroid dienone is 1. The molecule has 0 bridgehead atoms. The topological polar surface area (TPSA) is 77.8 Å². The van der Waals surface area contributed by atoms with Gasteiger partial charge in [-0.2, -0.15) is 0 Å². The maximum atomic E-state index is 11.9. The predicted octanol–water partition coefficient (Wildman–Crippen LogP) is 2.29. The highest BCUT2D eigenvalue weighted by molar-refractivity contribution is 6.04. The Morgan fingerprint density at radius 1 is 1.11 bits per heavy atom. The Hall–Kier alpha value is -1.97. The molecule has 1 fully saturated rings. The lowest BCUT2D eigenvalue weighted by Crippen LogP contribution is -2.26. The minimum Gasteiger partial charge on any atom is -0.508 e. The number of carbonyl (C=O) groups excluding carboxylic acids is 1. The quantitative estimate of drug-likeness (QED) is 0.614. The summed E-state index contributed by atoms with van der Waals surface area (Å²) in [5.41, 5.74) is 1.18. The van der Waals surface area contributed by atoms with Crippen molar-refractivity contribution in [3.8, 4) is 11.5 Å². The van der Waals surface area contributed by atoms with E-state index in [1.54, 1.807) is 0 Å². The molecule has 2 aliphatic rings. The van der Waals surface area contributed by atoms with E-state index in [-0.39, 0.29) is 34.5 Å². The lowest BCUT2D eigenvalue weighted by molar-refractivity contribution is -0.117. The maximum absolute atomic E-state index is 11.9. The number of aliphatic hydroxyl groups excluding tert-OH is 1. The molecule has 4 heteroatoms. The predicted molar refractivity (Wildman–Crippen MR) is 65.4 cm³/mol. The lowest BCUT2D eigenvalue weighted by Gasteiger charge is -2.31. The van der Waals surface area contributed by atoms with Crippen molar-refractivity contribution >= 4 is 11.5 Å². The van der Waals surface area contributed by atoms with Crippen molar-refractivity contribution in [3.05, 3.63) is 28.8 Å². The molecular weight excluding hydrogens is 232 g/mol. The third-order valence-corrected chi connectivity index (χ3v) is 3.87. The molecule has 0 spiro atoms. The molecular formula is C14H14O4. The Morgan fingerprint density at radius 2 is 1.83 bits per heavy atom. The minimum absolute atomic E-state index is 0.0357. The highest BCUT2D eigenvalue weighted by Gasteiger charge is 2.36. The minimum atomic E-state index is -0.153. The molecule has 1 saturated carbocycles. The summed E-state index contributed by atoms with van der Waals surface area (Å²) in [6.45, 7) is 0. The second kappa shape index (κ2) is 3.77. The van der Waals surface area contributed by atoms with Gasteiger partial charge in [0.15, 0.2) is 5.78 Å². The van der Waals surface area contributed by atoms with E-state index >= 15 is 0 Å². The highest BCUT2D eigenvalue weighted by atomic mass is 16.3. The molecule has 3 N–H and O–H groups in total. The molecule has 1 unspecified atom stereocenters. The van der Waals surface area contributed by atoms with Crippen LogP contribution in [0.2, 0.25) is 0 Å². The van der Waals surface area contributed by atoms with Gasteiger partial charge in [0.05, 0.1) is 5.56 Å². The van der Waals surface area contributed by atoms with Gasteiger partial charge in [-0.15, -0.1) is 0 Å². The van der Waals surface area contributed by atoms with Crippen LogP contribution in [0.1, 0.15) is 30.4 Å². The first-order valence-electron chi connectivity index (χ1n) is 6.10. The van der Waals surface area contributed by atoms with Crippen LogP contribution in [0, 0.1) is 5.92 Å². The monoisotopic (exact) mass is 246 g/mol. The third-order valence-electron chi connectivity index (χ3n) is 3.87. The first-order valence-corrected chi connectivity index (χ1v) is 6.10. The van der Waals surface area contributed by atoms with E-state index in [4.69, 9.17) is 0 Å². The second-order valence-corrected chi connectivity index (χ2v) is 4.94. The zero-order valence-corrected chi connectivity index (χ0v) is 9.81. The molecule has 3 rings (SSSR count). The van der Waals surface area contributed by atoms with Crippen LogP contribution < -0.4 is 0 Å². The van der Waals surface area contributed by atoms with Crippen LogP contribution in [0.15, 0.2) is 17.7 Å². The van der Waals surface area contributed by atoms with E-state index in [1.165, 1.54) is 12.1 Å². The van der Waals surface area contributed by atoms with Crippen molar-refractivity contribution in [2.24, 2.45) is 5.92 Å². The Labute approximate surface area is 104 Å². The van der Waals surface area contributed by atoms with Crippen LogP contribution in [0.25, 0.3) is 5.76 Å². The van der Waals surface area contributed by atoms with Gasteiger partial charge in [-0.3, -0.25) is 4.79 Å². The van der Waals surface area contributed by atoms with Crippen LogP contribution >= 0.6 is 0 Å². The lowest BCUT2D eigenvalue weighted by atomic mass is 9.73. The van der Waals surface area contributed by atoms with Gasteiger partial charge in [0, 0.05) is 17.6 Å². The van der Waals surface area contributed by atoms with E-state index in [2.05, 4.69) is 0 Å². The van der Waals surface area contributed by atoms with Gasteiger partial charge in [0.2, 0.25) is 0 Å². The molecule has 1 aromatic rings. The average molecular weight is 246 g/mol. The average Bonchev–Trinajstić information content (AvgIpc) is 2.34. The number of hydrogen-bond acceptors (Lipinski definition) is 4. The van der Waals surface area contributed by atoms with Crippen molar-refractivity contribution in [2.75, 3.05) is 0 Å². The molecule has 0 amide bonds. The summed E-state index contributed by atoms with van der Waals surface area (Å²) in [5.74, 6) is -0.265. The fraction of sp³-hybridized carbons (Fsp3) is 0.357. The molecule has 0 aliphatic heterocycles. The Kier molecular flexibility index (Phi) is 2.33. The van der Waals surface area contributed by atoms with Crippen molar-refractivity contribution in [1.82, 2.24) is 0 Å². The van der Waals surface area contributed by atoms with E-state index in [9.17, 15) is 20.1 Å². The van der Waals surface area contributed by atoms with Crippen LogP contribution in [0.5, 0.6) is 11.5 Å². The van der Waals surface area contributed by atoms with Crippen LogP contribution in [0.3, 0.4) is 0 Å². The molecule has 0 saturated heterocycles. The molecule has 18 heavy (non-hydrogen) atoms. The number of rotatable bonds is 0. The summed E-state index contributed by atoms with van der Waals surface area (Å²) in [5, 5.41) is 29.9. The molecule has 0 aromatic heterocycles. The SMILES string of the molecule is O=C1CCCC2Cc3c(O)ccc(O)c3C(O)=C12. The first-order chi connectivity index (χ1) is 8.59. The molecule has 0 radical (unpaired) electrons. The van der Waals surface area contributed by atoms with Crippen molar-refractivity contribution in [3.63, 3.8) is 0 Å². The summed E-state index contributed by atoms with van der Waals surface area (Å²) >= 11 is 0. The van der Waals surface area contributed by atoms with Crippen LogP contribution in [0.4, 0.5) is 0 Å². The number of hydrogen-bond donors (Lipinski definition) is 3.